The Morgan fingerprint density at radius 1 is 1.03 bits per heavy atom. The zero-order valence-corrected chi connectivity index (χ0v) is 20.1. The number of aliphatic hydroxyl groups is 1. The fraction of sp³-hybridized carbons (Fsp3) is 0.231. The molecule has 4 atom stereocenters. The summed E-state index contributed by atoms with van der Waals surface area (Å²) in [6.07, 6.45) is 3.69. The molecule has 7 rings (SSSR count). The van der Waals surface area contributed by atoms with Gasteiger partial charge in [0, 0.05) is 23.5 Å². The second kappa shape index (κ2) is 8.93. The first-order valence-corrected chi connectivity index (χ1v) is 12.2. The monoisotopic (exact) mass is 516 g/mol. The minimum Gasteiger partial charge on any atom is -0.456 e. The molecule has 0 aliphatic carbocycles. The van der Waals surface area contributed by atoms with E-state index in [1.54, 1.807) is 23.1 Å². The molecule has 0 bridgehead atoms. The standard InChI is InChI=1S/C26H21ClN6O4/c27-17-10-19-25(32-26(30-19)37-21-13-36-23-20(34)12-35-24(21)23)31-22(17)15-4-2-14(3-5-15)18-7-6-16(11-28-18)33-9-1-8-29-33/h1-11,20-21,23-24,34H,12-13H2,(H,30,31,32)/t20-,21-,23-,24-/m1/s1. The number of pyridine rings is 2. The molecule has 1 aromatic carbocycles. The number of hydrogen-bond donors (Lipinski definition) is 2. The Morgan fingerprint density at radius 2 is 1.86 bits per heavy atom. The lowest BCUT2D eigenvalue weighted by atomic mass is 10.1. The number of benzene rings is 1. The van der Waals surface area contributed by atoms with Crippen molar-refractivity contribution in [2.24, 2.45) is 0 Å². The van der Waals surface area contributed by atoms with Gasteiger partial charge in [-0.15, -0.1) is 0 Å². The molecule has 11 heteroatoms. The van der Waals surface area contributed by atoms with Crippen LogP contribution in [-0.2, 0) is 9.47 Å². The van der Waals surface area contributed by atoms with Gasteiger partial charge in [0.1, 0.15) is 18.3 Å². The first-order chi connectivity index (χ1) is 18.1. The van der Waals surface area contributed by atoms with Gasteiger partial charge in [0.2, 0.25) is 0 Å². The molecule has 2 fully saturated rings. The van der Waals surface area contributed by atoms with Crippen LogP contribution in [0, 0.1) is 0 Å². The fourth-order valence-corrected chi connectivity index (χ4v) is 5.02. The van der Waals surface area contributed by atoms with E-state index >= 15 is 0 Å². The number of halogens is 1. The van der Waals surface area contributed by atoms with Crippen LogP contribution in [0.4, 0.5) is 0 Å². The maximum atomic E-state index is 9.93. The van der Waals surface area contributed by atoms with Gasteiger partial charge in [-0.2, -0.15) is 10.1 Å². The van der Waals surface area contributed by atoms with Crippen LogP contribution in [0.1, 0.15) is 0 Å². The van der Waals surface area contributed by atoms with Gasteiger partial charge in [-0.3, -0.25) is 4.98 Å². The minimum absolute atomic E-state index is 0.237. The Hall–Kier alpha value is -3.83. The average Bonchev–Trinajstić information content (AvgIpc) is 3.71. The van der Waals surface area contributed by atoms with Crippen molar-refractivity contribution in [3.8, 4) is 34.2 Å². The normalized spacial score (nSPS) is 23.0. The van der Waals surface area contributed by atoms with Gasteiger partial charge in [-0.1, -0.05) is 35.9 Å². The quantitative estimate of drug-likeness (QED) is 0.364. The molecule has 2 aliphatic heterocycles. The van der Waals surface area contributed by atoms with E-state index in [0.717, 1.165) is 22.5 Å². The van der Waals surface area contributed by atoms with Crippen molar-refractivity contribution >= 4 is 22.8 Å². The third-order valence-electron chi connectivity index (χ3n) is 6.62. The highest BCUT2D eigenvalue weighted by Gasteiger charge is 2.48. The number of ether oxygens (including phenoxy) is 3. The number of imidazole rings is 1. The van der Waals surface area contributed by atoms with Crippen molar-refractivity contribution in [3.05, 3.63) is 72.1 Å². The smallest absolute Gasteiger partial charge is 0.296 e. The van der Waals surface area contributed by atoms with Crippen LogP contribution in [0.25, 0.3) is 39.4 Å². The molecule has 0 radical (unpaired) electrons. The first-order valence-electron chi connectivity index (χ1n) is 11.8. The zero-order chi connectivity index (χ0) is 24.9. The van der Waals surface area contributed by atoms with Crippen molar-refractivity contribution in [3.63, 3.8) is 0 Å². The highest BCUT2D eigenvalue weighted by molar-refractivity contribution is 6.33. The molecular formula is C26H21ClN6O4. The van der Waals surface area contributed by atoms with E-state index in [9.17, 15) is 5.11 Å². The third kappa shape index (κ3) is 4.04. The molecule has 0 saturated carbocycles. The van der Waals surface area contributed by atoms with Gasteiger partial charge in [-0.25, -0.2) is 9.67 Å². The number of aromatic amines is 1. The Balaban J connectivity index is 1.11. The molecule has 6 heterocycles. The van der Waals surface area contributed by atoms with E-state index in [4.69, 9.17) is 25.8 Å². The summed E-state index contributed by atoms with van der Waals surface area (Å²) in [5.41, 5.74) is 5.33. The molecule has 0 unspecified atom stereocenters. The van der Waals surface area contributed by atoms with E-state index in [1.807, 2.05) is 48.7 Å². The summed E-state index contributed by atoms with van der Waals surface area (Å²) in [6, 6.07) is 15.8. The van der Waals surface area contributed by atoms with E-state index < -0.39 is 6.10 Å². The summed E-state index contributed by atoms with van der Waals surface area (Å²) >= 11 is 6.59. The summed E-state index contributed by atoms with van der Waals surface area (Å²) in [5.74, 6) is 0. The first kappa shape index (κ1) is 22.4. The average molecular weight is 517 g/mol. The molecule has 186 valence electrons. The van der Waals surface area contributed by atoms with Crippen molar-refractivity contribution < 1.29 is 19.3 Å². The van der Waals surface area contributed by atoms with E-state index in [2.05, 4.69) is 25.0 Å². The van der Waals surface area contributed by atoms with Crippen LogP contribution < -0.4 is 4.74 Å². The van der Waals surface area contributed by atoms with Gasteiger partial charge in [0.15, 0.2) is 11.8 Å². The van der Waals surface area contributed by atoms with Crippen molar-refractivity contribution in [2.75, 3.05) is 13.2 Å². The number of aromatic nitrogens is 6. The van der Waals surface area contributed by atoms with Gasteiger partial charge in [0.25, 0.3) is 6.01 Å². The van der Waals surface area contributed by atoms with Crippen LogP contribution in [0.15, 0.2) is 67.1 Å². The molecule has 2 N–H and O–H groups in total. The topological polar surface area (TPSA) is 120 Å². The molecular weight excluding hydrogens is 496 g/mol. The van der Waals surface area contributed by atoms with Gasteiger partial charge < -0.3 is 24.3 Å². The van der Waals surface area contributed by atoms with Gasteiger partial charge in [-0.05, 0) is 24.3 Å². The van der Waals surface area contributed by atoms with Crippen LogP contribution in [-0.4, -0.2) is 72.5 Å². The highest BCUT2D eigenvalue weighted by Crippen LogP contribution is 2.33. The lowest BCUT2D eigenvalue weighted by molar-refractivity contribution is 0.00706. The Bertz CT molecular complexity index is 1560. The van der Waals surface area contributed by atoms with Crippen LogP contribution in [0.5, 0.6) is 6.01 Å². The molecule has 10 nitrogen and oxygen atoms in total. The van der Waals surface area contributed by atoms with E-state index in [1.165, 1.54) is 0 Å². The lowest BCUT2D eigenvalue weighted by Crippen LogP contribution is -2.34. The number of fused-ring (bicyclic) bond motifs is 2. The number of H-pyrrole nitrogens is 1. The fourth-order valence-electron chi connectivity index (χ4n) is 4.76. The van der Waals surface area contributed by atoms with Crippen LogP contribution in [0.2, 0.25) is 5.02 Å². The summed E-state index contributed by atoms with van der Waals surface area (Å²) < 4.78 is 19.0. The number of rotatable bonds is 5. The molecule has 37 heavy (non-hydrogen) atoms. The molecule has 2 saturated heterocycles. The Morgan fingerprint density at radius 3 is 2.65 bits per heavy atom. The van der Waals surface area contributed by atoms with Crippen LogP contribution in [0.3, 0.4) is 0 Å². The molecule has 5 aromatic rings. The SMILES string of the molecule is O[C@@H]1CO[C@H]2[C@@H]1OC[C@H]2Oc1nc2nc(-c3ccc(-c4ccc(-n5cccn5)cn4)cc3)c(Cl)cc2[nH]1. The third-order valence-corrected chi connectivity index (χ3v) is 6.91. The minimum atomic E-state index is -0.638. The number of nitrogens with zero attached hydrogens (tertiary/aromatic N) is 5. The molecule has 0 spiro atoms. The molecule has 0 amide bonds. The van der Waals surface area contributed by atoms with Gasteiger partial charge in [0.05, 0.1) is 47.0 Å². The van der Waals surface area contributed by atoms with Crippen molar-refractivity contribution in [1.82, 2.24) is 29.7 Å². The summed E-state index contributed by atoms with van der Waals surface area (Å²) in [7, 11) is 0. The summed E-state index contributed by atoms with van der Waals surface area (Å²) in [6.45, 7) is 0.553. The summed E-state index contributed by atoms with van der Waals surface area (Å²) in [5, 5.41) is 14.7. The number of hydrogen-bond acceptors (Lipinski definition) is 8. The largest absolute Gasteiger partial charge is 0.456 e. The van der Waals surface area contributed by atoms with E-state index in [0.29, 0.717) is 34.5 Å². The maximum Gasteiger partial charge on any atom is 0.296 e. The maximum absolute atomic E-state index is 9.93. The Kier molecular flexibility index (Phi) is 5.40. The van der Waals surface area contributed by atoms with E-state index in [-0.39, 0.29) is 24.9 Å². The second-order valence-electron chi connectivity index (χ2n) is 8.98. The predicted octanol–water partition coefficient (Wildman–Crippen LogP) is 3.43. The number of aliphatic hydroxyl groups excluding tert-OH is 1. The van der Waals surface area contributed by atoms with Crippen LogP contribution >= 0.6 is 11.6 Å². The van der Waals surface area contributed by atoms with Crippen molar-refractivity contribution in [1.29, 1.82) is 0 Å². The van der Waals surface area contributed by atoms with Crippen molar-refractivity contribution in [2.45, 2.75) is 24.4 Å². The second-order valence-corrected chi connectivity index (χ2v) is 9.39. The summed E-state index contributed by atoms with van der Waals surface area (Å²) in [4.78, 5) is 16.9. The zero-order valence-electron chi connectivity index (χ0n) is 19.4. The number of nitrogens with one attached hydrogen (secondary N) is 1. The highest BCUT2D eigenvalue weighted by atomic mass is 35.5. The van der Waals surface area contributed by atoms with Gasteiger partial charge >= 0.3 is 0 Å². The molecule has 4 aromatic heterocycles. The molecule has 2 aliphatic rings. The lowest BCUT2D eigenvalue weighted by Gasteiger charge is -2.15. The predicted molar refractivity (Wildman–Crippen MR) is 135 cm³/mol. The Labute approximate surface area is 215 Å².